The first kappa shape index (κ1) is 26.1. The Morgan fingerprint density at radius 2 is 1.80 bits per heavy atom. The SMILES string of the molecule is CCCCOc1ccc(C2/C(=C(\O)c3cccc(OCC)c3)C(=O)C(=O)N2CCOC)cc1OC. The summed E-state index contributed by atoms with van der Waals surface area (Å²) in [5, 5.41) is 11.2. The average molecular weight is 484 g/mol. The number of ether oxygens (including phenoxy) is 4. The summed E-state index contributed by atoms with van der Waals surface area (Å²) in [6.45, 7) is 5.36. The molecule has 35 heavy (non-hydrogen) atoms. The average Bonchev–Trinajstić information content (AvgIpc) is 3.12. The largest absolute Gasteiger partial charge is 0.507 e. The lowest BCUT2D eigenvalue weighted by atomic mass is 9.95. The number of Topliss-reactive ketones (excluding diaryl/α,β-unsaturated/α-hetero) is 1. The summed E-state index contributed by atoms with van der Waals surface area (Å²) in [7, 11) is 3.06. The Morgan fingerprint density at radius 3 is 2.49 bits per heavy atom. The summed E-state index contributed by atoms with van der Waals surface area (Å²) < 4.78 is 22.1. The van der Waals surface area contributed by atoms with Crippen molar-refractivity contribution in [1.29, 1.82) is 0 Å². The molecule has 188 valence electrons. The molecule has 1 atom stereocenters. The quantitative estimate of drug-likeness (QED) is 0.208. The number of hydrogen-bond donors (Lipinski definition) is 1. The molecule has 0 spiro atoms. The molecule has 0 radical (unpaired) electrons. The van der Waals surface area contributed by atoms with E-state index in [1.54, 1.807) is 42.5 Å². The molecular formula is C27H33NO7. The highest BCUT2D eigenvalue weighted by atomic mass is 16.5. The maximum absolute atomic E-state index is 13.1. The molecule has 1 heterocycles. The molecule has 1 amide bonds. The number of carbonyl (C=O) groups excluding carboxylic acids is 2. The number of amides is 1. The van der Waals surface area contributed by atoms with E-state index in [2.05, 4.69) is 6.92 Å². The monoisotopic (exact) mass is 483 g/mol. The fraction of sp³-hybridized carbons (Fsp3) is 0.407. The molecule has 1 saturated heterocycles. The molecule has 1 aliphatic heterocycles. The first-order valence-electron chi connectivity index (χ1n) is 11.8. The van der Waals surface area contributed by atoms with E-state index in [9.17, 15) is 14.7 Å². The summed E-state index contributed by atoms with van der Waals surface area (Å²) in [6.07, 6.45) is 1.90. The number of methoxy groups -OCH3 is 2. The third-order valence-electron chi connectivity index (χ3n) is 5.75. The highest BCUT2D eigenvalue weighted by molar-refractivity contribution is 6.46. The van der Waals surface area contributed by atoms with Crippen molar-refractivity contribution >= 4 is 17.4 Å². The van der Waals surface area contributed by atoms with Crippen molar-refractivity contribution in [3.63, 3.8) is 0 Å². The van der Waals surface area contributed by atoms with Gasteiger partial charge in [0.05, 0.1) is 38.5 Å². The molecule has 1 fully saturated rings. The van der Waals surface area contributed by atoms with Gasteiger partial charge in [0.15, 0.2) is 11.5 Å². The standard InChI is InChI=1S/C27H33NO7/c1-5-7-14-35-21-12-11-18(17-22(21)33-4)24-23(26(30)27(31)28(24)13-15-32-3)25(29)19-9-8-10-20(16-19)34-6-2/h8-12,16-17,24,29H,5-7,13-15H2,1-4H3/b25-23+. The van der Waals surface area contributed by atoms with Crippen LogP contribution in [0.3, 0.4) is 0 Å². The zero-order valence-corrected chi connectivity index (χ0v) is 20.7. The van der Waals surface area contributed by atoms with Crippen molar-refractivity contribution in [2.75, 3.05) is 40.6 Å². The van der Waals surface area contributed by atoms with Crippen molar-refractivity contribution in [2.45, 2.75) is 32.7 Å². The van der Waals surface area contributed by atoms with Crippen LogP contribution in [-0.2, 0) is 14.3 Å². The lowest BCUT2D eigenvalue weighted by Crippen LogP contribution is -2.32. The van der Waals surface area contributed by atoms with Gasteiger partial charge < -0.3 is 29.0 Å². The third kappa shape index (κ3) is 5.77. The van der Waals surface area contributed by atoms with Gasteiger partial charge in [0, 0.05) is 19.2 Å². The van der Waals surface area contributed by atoms with Crippen LogP contribution in [0.5, 0.6) is 17.2 Å². The third-order valence-corrected chi connectivity index (χ3v) is 5.75. The second-order valence-electron chi connectivity index (χ2n) is 8.06. The molecule has 8 heteroatoms. The Balaban J connectivity index is 2.11. The fourth-order valence-corrected chi connectivity index (χ4v) is 4.00. The van der Waals surface area contributed by atoms with E-state index < -0.39 is 17.7 Å². The molecule has 8 nitrogen and oxygen atoms in total. The minimum atomic E-state index is -0.820. The summed E-state index contributed by atoms with van der Waals surface area (Å²) in [5.74, 6) is -0.115. The second-order valence-corrected chi connectivity index (χ2v) is 8.06. The van der Waals surface area contributed by atoms with Crippen molar-refractivity contribution in [1.82, 2.24) is 4.90 Å². The Labute approximate surface area is 206 Å². The van der Waals surface area contributed by atoms with Gasteiger partial charge in [0.1, 0.15) is 11.5 Å². The Bertz CT molecular complexity index is 1080. The maximum atomic E-state index is 13.1. The van der Waals surface area contributed by atoms with E-state index in [1.165, 1.54) is 19.1 Å². The molecule has 2 aromatic rings. The number of benzene rings is 2. The second kappa shape index (κ2) is 12.3. The van der Waals surface area contributed by atoms with E-state index in [1.807, 2.05) is 6.92 Å². The number of unbranched alkanes of at least 4 members (excludes halogenated alkanes) is 1. The predicted octanol–water partition coefficient (Wildman–Crippen LogP) is 4.34. The van der Waals surface area contributed by atoms with Gasteiger partial charge >= 0.3 is 0 Å². The van der Waals surface area contributed by atoms with E-state index >= 15 is 0 Å². The molecule has 0 saturated carbocycles. The number of rotatable bonds is 12. The summed E-state index contributed by atoms with van der Waals surface area (Å²) >= 11 is 0. The highest BCUT2D eigenvalue weighted by Crippen LogP contribution is 2.42. The highest BCUT2D eigenvalue weighted by Gasteiger charge is 2.46. The minimum absolute atomic E-state index is 0.00135. The Morgan fingerprint density at radius 1 is 1.00 bits per heavy atom. The number of aliphatic hydroxyl groups excluding tert-OH is 1. The van der Waals surface area contributed by atoms with Crippen molar-refractivity contribution in [3.05, 3.63) is 59.2 Å². The van der Waals surface area contributed by atoms with Crippen LogP contribution < -0.4 is 14.2 Å². The summed E-state index contributed by atoms with van der Waals surface area (Å²) in [4.78, 5) is 27.6. The Kier molecular flexibility index (Phi) is 9.14. The molecular weight excluding hydrogens is 450 g/mol. The normalized spacial score (nSPS) is 17.0. The topological polar surface area (TPSA) is 94.5 Å². The van der Waals surface area contributed by atoms with E-state index in [0.717, 1.165) is 12.8 Å². The molecule has 0 bridgehead atoms. The van der Waals surface area contributed by atoms with Gasteiger partial charge in [-0.15, -0.1) is 0 Å². The first-order valence-corrected chi connectivity index (χ1v) is 11.8. The van der Waals surface area contributed by atoms with Gasteiger partial charge in [-0.2, -0.15) is 0 Å². The summed E-state index contributed by atoms with van der Waals surface area (Å²) in [5.41, 5.74) is 1.00. The molecule has 1 unspecified atom stereocenters. The summed E-state index contributed by atoms with van der Waals surface area (Å²) in [6, 6.07) is 11.3. The number of ketones is 1. The van der Waals surface area contributed by atoms with Crippen LogP contribution >= 0.6 is 0 Å². The van der Waals surface area contributed by atoms with E-state index in [4.69, 9.17) is 18.9 Å². The number of hydrogen-bond acceptors (Lipinski definition) is 7. The molecule has 1 aliphatic rings. The van der Waals surface area contributed by atoms with Gasteiger partial charge in [0.25, 0.3) is 11.7 Å². The molecule has 1 N–H and O–H groups in total. The molecule has 3 rings (SSSR count). The lowest BCUT2D eigenvalue weighted by Gasteiger charge is -2.25. The Hall–Kier alpha value is -3.52. The number of nitrogens with zero attached hydrogens (tertiary/aromatic N) is 1. The van der Waals surface area contributed by atoms with Gasteiger partial charge in [-0.3, -0.25) is 9.59 Å². The van der Waals surface area contributed by atoms with Crippen LogP contribution in [0.1, 0.15) is 43.9 Å². The van der Waals surface area contributed by atoms with Crippen LogP contribution in [0, 0.1) is 0 Å². The van der Waals surface area contributed by atoms with E-state index in [-0.39, 0.29) is 24.5 Å². The van der Waals surface area contributed by atoms with Crippen LogP contribution in [0.25, 0.3) is 5.76 Å². The van der Waals surface area contributed by atoms with Crippen LogP contribution in [0.15, 0.2) is 48.0 Å². The number of carbonyl (C=O) groups is 2. The zero-order chi connectivity index (χ0) is 25.4. The van der Waals surface area contributed by atoms with Gasteiger partial charge in [0.2, 0.25) is 0 Å². The zero-order valence-electron chi connectivity index (χ0n) is 20.7. The van der Waals surface area contributed by atoms with Gasteiger partial charge in [-0.05, 0) is 43.2 Å². The molecule has 0 aliphatic carbocycles. The maximum Gasteiger partial charge on any atom is 0.295 e. The van der Waals surface area contributed by atoms with Crippen LogP contribution in [0.2, 0.25) is 0 Å². The smallest absolute Gasteiger partial charge is 0.295 e. The first-order chi connectivity index (χ1) is 17.0. The lowest BCUT2D eigenvalue weighted by molar-refractivity contribution is -0.140. The van der Waals surface area contributed by atoms with Crippen molar-refractivity contribution < 1.29 is 33.6 Å². The number of aliphatic hydroxyl groups is 1. The van der Waals surface area contributed by atoms with Crippen LogP contribution in [-0.4, -0.2) is 62.3 Å². The van der Waals surface area contributed by atoms with Crippen molar-refractivity contribution in [2.24, 2.45) is 0 Å². The number of likely N-dealkylation sites (tertiary alicyclic amines) is 1. The molecule has 2 aromatic carbocycles. The fourth-order valence-electron chi connectivity index (χ4n) is 4.00. The van der Waals surface area contributed by atoms with Crippen molar-refractivity contribution in [3.8, 4) is 17.2 Å². The van der Waals surface area contributed by atoms with E-state index in [0.29, 0.717) is 41.6 Å². The van der Waals surface area contributed by atoms with Gasteiger partial charge in [-0.25, -0.2) is 0 Å². The van der Waals surface area contributed by atoms with Crippen LogP contribution in [0.4, 0.5) is 0 Å². The van der Waals surface area contributed by atoms with Gasteiger partial charge in [-0.1, -0.05) is 31.5 Å². The minimum Gasteiger partial charge on any atom is -0.507 e. The molecule has 0 aromatic heterocycles. The predicted molar refractivity (Wildman–Crippen MR) is 132 cm³/mol.